The molecule has 11 nitrogen and oxygen atoms in total. The van der Waals surface area contributed by atoms with E-state index in [4.69, 9.17) is 9.84 Å². The van der Waals surface area contributed by atoms with E-state index in [0.717, 1.165) is 104 Å². The minimum atomic E-state index is -3.82. The summed E-state index contributed by atoms with van der Waals surface area (Å²) in [5.74, 6) is 0.740. The molecule has 2 atom stereocenters. The van der Waals surface area contributed by atoms with Crippen LogP contribution in [0, 0.1) is 0 Å². The van der Waals surface area contributed by atoms with Gasteiger partial charge in [-0.15, -0.1) is 0 Å². The van der Waals surface area contributed by atoms with Gasteiger partial charge in [-0.1, -0.05) is 25.3 Å². The number of aromatic nitrogens is 3. The number of allylic oxidation sites excluding steroid dienone is 6. The van der Waals surface area contributed by atoms with Gasteiger partial charge in [0.25, 0.3) is 11.8 Å². The van der Waals surface area contributed by atoms with Crippen LogP contribution < -0.4 is 4.72 Å². The molecule has 1 N–H and O–H groups in total. The molecule has 4 fully saturated rings. The van der Waals surface area contributed by atoms with Gasteiger partial charge in [0.05, 0.1) is 48.2 Å². The fourth-order valence-corrected chi connectivity index (χ4v) is 10.9. The fraction of sp³-hybridized carbons (Fsp3) is 0.558. The number of sulfonamides is 1. The molecule has 2 amide bonds. The summed E-state index contributed by atoms with van der Waals surface area (Å²) in [4.78, 5) is 33.0. The number of nitrogens with zero attached hydrogens (tertiary/aromatic N) is 5. The van der Waals surface area contributed by atoms with Gasteiger partial charge in [-0.3, -0.25) is 14.3 Å². The van der Waals surface area contributed by atoms with Crippen LogP contribution in [0.5, 0.6) is 0 Å². The third kappa shape index (κ3) is 6.27. The predicted octanol–water partition coefficient (Wildman–Crippen LogP) is 7.17. The van der Waals surface area contributed by atoms with Crippen molar-refractivity contribution in [3.05, 3.63) is 76.0 Å². The van der Waals surface area contributed by atoms with Crippen LogP contribution in [0.3, 0.4) is 0 Å². The number of methoxy groups -OCH3 is 1. The van der Waals surface area contributed by atoms with Crippen molar-refractivity contribution in [3.8, 4) is 0 Å². The number of amides is 2. The maximum Gasteiger partial charge on any atom is 0.264 e. The largest absolute Gasteiger partial charge is 0.501 e. The highest BCUT2D eigenvalue weighted by Gasteiger charge is 2.44. The van der Waals surface area contributed by atoms with Crippen LogP contribution >= 0.6 is 0 Å². The molecule has 2 unspecified atom stereocenters. The normalized spacial score (nSPS) is 23.6. The molecule has 0 radical (unpaired) electrons. The topological polar surface area (TPSA) is 119 Å². The van der Waals surface area contributed by atoms with E-state index >= 15 is 0 Å². The first-order valence-electron chi connectivity index (χ1n) is 20.5. The van der Waals surface area contributed by atoms with Gasteiger partial charge in [0.15, 0.2) is 0 Å². The van der Waals surface area contributed by atoms with Crippen molar-refractivity contribution in [1.29, 1.82) is 0 Å². The standard InChI is InChI=1S/C43H54N6O5S/c1-26(2)55(52,53)45-42(50)28-13-17-36-38(21-28)47-23-30(19-29-20-34(54-4)16-18-35(29)41(47)39(36)27-9-6-5-7-10-27)40-37(22-44-49(40)31-11-8-12-31)43(51)48-32-14-15-33(48)25-46(3)24-32/h13,17,19-22,26-27,31-33H,5-12,14-16,18,23-25H2,1-4H3,(H,45,50). The molecular weight excluding hydrogens is 713 g/mol. The quantitative estimate of drug-likeness (QED) is 0.258. The van der Waals surface area contributed by atoms with Crippen molar-refractivity contribution in [2.24, 2.45) is 0 Å². The molecule has 3 aliphatic carbocycles. The van der Waals surface area contributed by atoms with Crippen LogP contribution in [0.1, 0.15) is 141 Å². The van der Waals surface area contributed by atoms with Crippen molar-refractivity contribution >= 4 is 43.9 Å². The Morgan fingerprint density at radius 1 is 0.909 bits per heavy atom. The van der Waals surface area contributed by atoms with E-state index in [0.29, 0.717) is 23.6 Å². The number of carbonyl (C=O) groups is 2. The number of carbonyl (C=O) groups excluding carboxylic acids is 2. The number of nitrogens with one attached hydrogen (secondary N) is 1. The summed E-state index contributed by atoms with van der Waals surface area (Å²) in [6.07, 6.45) is 18.9. The van der Waals surface area contributed by atoms with Gasteiger partial charge in [-0.05, 0) is 125 Å². The van der Waals surface area contributed by atoms with Crippen LogP contribution in [0.15, 0.2) is 47.9 Å². The molecule has 2 aromatic heterocycles. The van der Waals surface area contributed by atoms with Crippen LogP contribution in [-0.4, -0.2) is 89.0 Å². The van der Waals surface area contributed by atoms with E-state index < -0.39 is 21.2 Å². The van der Waals surface area contributed by atoms with E-state index in [9.17, 15) is 18.0 Å². The number of rotatable bonds is 8. The summed E-state index contributed by atoms with van der Waals surface area (Å²) in [6, 6.07) is 6.32. The van der Waals surface area contributed by atoms with Crippen LogP contribution in [0.2, 0.25) is 0 Å². The van der Waals surface area contributed by atoms with Crippen molar-refractivity contribution in [3.63, 3.8) is 0 Å². The smallest absolute Gasteiger partial charge is 0.264 e. The van der Waals surface area contributed by atoms with Crippen molar-refractivity contribution in [2.75, 3.05) is 27.2 Å². The Hall–Kier alpha value is -4.16. The van der Waals surface area contributed by atoms with Gasteiger partial charge in [-0.25, -0.2) is 13.1 Å². The Bertz CT molecular complexity index is 2250. The average molecular weight is 767 g/mol. The van der Waals surface area contributed by atoms with Gasteiger partial charge in [-0.2, -0.15) is 5.10 Å². The molecule has 3 aromatic rings. The van der Waals surface area contributed by atoms with E-state index in [1.807, 2.05) is 18.3 Å². The van der Waals surface area contributed by atoms with Crippen LogP contribution in [0.25, 0.3) is 22.0 Å². The molecule has 2 bridgehead atoms. The highest BCUT2D eigenvalue weighted by atomic mass is 32.2. The number of benzene rings is 1. The average Bonchev–Trinajstić information content (AvgIpc) is 3.76. The SMILES string of the molecule is COC1=CC2=C(CC1)c1c(C3CCCCC3)c3ccc(C(=O)NS(=O)(=O)C(C)C)cc3n1CC(c1c(C(=O)N3C4CCC3CN(C)C4)cnn1C1CCC1)=C2. The number of likely N-dealkylation sites (N-methyl/N-ethyl adjacent to an activating group) is 1. The molecule has 55 heavy (non-hydrogen) atoms. The lowest BCUT2D eigenvalue weighted by molar-refractivity contribution is 0.0472. The zero-order valence-electron chi connectivity index (χ0n) is 32.6. The molecule has 6 aliphatic rings. The lowest BCUT2D eigenvalue weighted by Crippen LogP contribution is -2.54. The Kier molecular flexibility index (Phi) is 9.35. The van der Waals surface area contributed by atoms with E-state index in [2.05, 4.69) is 43.0 Å². The van der Waals surface area contributed by atoms with Crippen LogP contribution in [0.4, 0.5) is 0 Å². The van der Waals surface area contributed by atoms with Crippen molar-refractivity contribution < 1.29 is 22.7 Å². The number of hydrogen-bond donors (Lipinski definition) is 1. The van der Waals surface area contributed by atoms with Gasteiger partial charge in [0, 0.05) is 53.8 Å². The maximum absolute atomic E-state index is 14.9. The lowest BCUT2D eigenvalue weighted by atomic mass is 9.80. The molecule has 292 valence electrons. The minimum absolute atomic E-state index is 0.0723. The second-order valence-corrected chi connectivity index (χ2v) is 19.4. The van der Waals surface area contributed by atoms with Gasteiger partial charge < -0.3 is 19.1 Å². The van der Waals surface area contributed by atoms with Crippen molar-refractivity contribution in [1.82, 2.24) is 28.9 Å². The summed E-state index contributed by atoms with van der Waals surface area (Å²) in [6.45, 7) is 5.38. The minimum Gasteiger partial charge on any atom is -0.501 e. The zero-order chi connectivity index (χ0) is 38.2. The number of likely N-dealkylation sites (tertiary alicyclic amines) is 1. The van der Waals surface area contributed by atoms with E-state index in [1.165, 1.54) is 36.1 Å². The van der Waals surface area contributed by atoms with Gasteiger partial charge in [0.2, 0.25) is 10.0 Å². The molecule has 2 saturated heterocycles. The second-order valence-electron chi connectivity index (χ2n) is 17.1. The molecule has 2 saturated carbocycles. The summed E-state index contributed by atoms with van der Waals surface area (Å²) in [7, 11) is 0.0662. The predicted molar refractivity (Wildman–Crippen MR) is 214 cm³/mol. The molecule has 9 rings (SSSR count). The number of ether oxygens (including phenoxy) is 1. The number of hydrogen-bond acceptors (Lipinski definition) is 7. The molecular formula is C43H54N6O5S. The first kappa shape index (κ1) is 36.5. The third-order valence-electron chi connectivity index (χ3n) is 13.4. The van der Waals surface area contributed by atoms with E-state index in [1.54, 1.807) is 27.0 Å². The molecule has 3 aliphatic heterocycles. The van der Waals surface area contributed by atoms with Crippen LogP contribution in [-0.2, 0) is 21.3 Å². The summed E-state index contributed by atoms with van der Waals surface area (Å²) >= 11 is 0. The monoisotopic (exact) mass is 766 g/mol. The molecule has 0 spiro atoms. The third-order valence-corrected chi connectivity index (χ3v) is 15.1. The highest BCUT2D eigenvalue weighted by molar-refractivity contribution is 7.90. The fourth-order valence-electron chi connectivity index (χ4n) is 10.3. The molecule has 5 heterocycles. The zero-order valence-corrected chi connectivity index (χ0v) is 33.5. The van der Waals surface area contributed by atoms with Gasteiger partial charge in [0.1, 0.15) is 0 Å². The Morgan fingerprint density at radius 2 is 1.65 bits per heavy atom. The number of piperazine rings is 1. The van der Waals surface area contributed by atoms with Crippen molar-refractivity contribution in [2.45, 2.75) is 127 Å². The maximum atomic E-state index is 14.9. The van der Waals surface area contributed by atoms with Gasteiger partial charge >= 0.3 is 0 Å². The summed E-state index contributed by atoms with van der Waals surface area (Å²) in [5, 5.41) is 5.37. The Labute approximate surface area is 324 Å². The Balaban J connectivity index is 1.24. The Morgan fingerprint density at radius 3 is 2.33 bits per heavy atom. The second kappa shape index (κ2) is 14.1. The molecule has 1 aromatic carbocycles. The van der Waals surface area contributed by atoms with E-state index in [-0.39, 0.29) is 24.0 Å². The first-order valence-corrected chi connectivity index (χ1v) is 22.1. The first-order chi connectivity index (χ1) is 26.5. The highest BCUT2D eigenvalue weighted by Crippen LogP contribution is 2.48. The molecule has 12 heteroatoms. The lowest BCUT2D eigenvalue weighted by Gasteiger charge is -2.39. The summed E-state index contributed by atoms with van der Waals surface area (Å²) in [5.41, 5.74) is 8.65. The number of fused-ring (bicyclic) bond motifs is 6. The summed E-state index contributed by atoms with van der Waals surface area (Å²) < 4.78 is 38.3.